The van der Waals surface area contributed by atoms with Gasteiger partial charge < -0.3 is 5.32 Å². The molecular formula is C13H7ClF3N3OS. The number of nitriles is 1. The number of halogens is 4. The van der Waals surface area contributed by atoms with Crippen LogP contribution in [0.2, 0.25) is 4.47 Å². The van der Waals surface area contributed by atoms with Crippen molar-refractivity contribution in [1.82, 2.24) is 4.98 Å². The highest BCUT2D eigenvalue weighted by atomic mass is 35.5. The zero-order valence-corrected chi connectivity index (χ0v) is 12.3. The van der Waals surface area contributed by atoms with Gasteiger partial charge in [0.25, 0.3) is 5.78 Å². The number of hydrogen-bond donors (Lipinski definition) is 1. The lowest BCUT2D eigenvalue weighted by Gasteiger charge is -2.12. The molecule has 0 saturated heterocycles. The van der Waals surface area contributed by atoms with Crippen molar-refractivity contribution in [3.05, 3.63) is 44.9 Å². The second-order valence-electron chi connectivity index (χ2n) is 4.13. The molecule has 2 rings (SSSR count). The summed E-state index contributed by atoms with van der Waals surface area (Å²) in [6.07, 6.45) is -3.53. The van der Waals surface area contributed by atoms with Gasteiger partial charge in [0.05, 0.1) is 23.7 Å². The molecular weight excluding hydrogens is 339 g/mol. The van der Waals surface area contributed by atoms with Gasteiger partial charge in [0.1, 0.15) is 0 Å². The van der Waals surface area contributed by atoms with Gasteiger partial charge in [-0.2, -0.15) is 18.4 Å². The number of thiazole rings is 1. The molecule has 0 radical (unpaired) electrons. The van der Waals surface area contributed by atoms with Gasteiger partial charge in [0.2, 0.25) is 0 Å². The number of nitrogens with one attached hydrogen (secondary N) is 1. The third-order valence-electron chi connectivity index (χ3n) is 2.63. The van der Waals surface area contributed by atoms with Crippen LogP contribution in [0.25, 0.3) is 0 Å². The fourth-order valence-corrected chi connectivity index (χ4v) is 2.57. The minimum atomic E-state index is -5.02. The highest BCUT2D eigenvalue weighted by Gasteiger charge is 2.40. The Kier molecular flexibility index (Phi) is 4.68. The highest BCUT2D eigenvalue weighted by molar-refractivity contribution is 7.15. The van der Waals surface area contributed by atoms with Crippen LogP contribution in [0.4, 0.5) is 18.9 Å². The van der Waals surface area contributed by atoms with Crippen LogP contribution in [0.5, 0.6) is 0 Å². The van der Waals surface area contributed by atoms with E-state index in [1.807, 2.05) is 0 Å². The van der Waals surface area contributed by atoms with E-state index in [1.165, 1.54) is 29.7 Å². The summed E-state index contributed by atoms with van der Waals surface area (Å²) in [7, 11) is 0. The van der Waals surface area contributed by atoms with E-state index in [1.54, 1.807) is 6.07 Å². The molecule has 0 aliphatic carbocycles. The summed E-state index contributed by atoms with van der Waals surface area (Å²) in [6, 6.07) is 5.21. The Morgan fingerprint density at radius 2 is 2.18 bits per heavy atom. The van der Waals surface area contributed by atoms with Crippen molar-refractivity contribution in [3.8, 4) is 6.07 Å². The van der Waals surface area contributed by atoms with Crippen LogP contribution in [0.3, 0.4) is 0 Å². The number of Topliss-reactive ketones (excluding diaryl/α,β-unsaturated/α-hetero) is 1. The second kappa shape index (κ2) is 6.34. The molecule has 2 aromatic rings. The van der Waals surface area contributed by atoms with Crippen molar-refractivity contribution >= 4 is 34.4 Å². The van der Waals surface area contributed by atoms with Gasteiger partial charge in [-0.05, 0) is 18.2 Å². The Morgan fingerprint density at radius 1 is 1.45 bits per heavy atom. The van der Waals surface area contributed by atoms with E-state index in [-0.39, 0.29) is 17.8 Å². The van der Waals surface area contributed by atoms with Crippen LogP contribution in [0.15, 0.2) is 24.4 Å². The highest BCUT2D eigenvalue weighted by Crippen LogP contribution is 2.28. The summed E-state index contributed by atoms with van der Waals surface area (Å²) in [4.78, 5) is 16.0. The Balaban J connectivity index is 2.30. The quantitative estimate of drug-likeness (QED) is 0.850. The van der Waals surface area contributed by atoms with Crippen molar-refractivity contribution in [3.63, 3.8) is 0 Å². The molecule has 9 heteroatoms. The molecule has 0 saturated carbocycles. The average Bonchev–Trinajstić information content (AvgIpc) is 2.89. The van der Waals surface area contributed by atoms with E-state index >= 15 is 0 Å². The maximum Gasteiger partial charge on any atom is 0.454 e. The molecule has 0 bridgehead atoms. The number of aromatic nitrogens is 1. The van der Waals surface area contributed by atoms with Crippen molar-refractivity contribution in [2.24, 2.45) is 0 Å². The van der Waals surface area contributed by atoms with Crippen molar-refractivity contribution < 1.29 is 18.0 Å². The Labute approximate surface area is 132 Å². The van der Waals surface area contributed by atoms with E-state index < -0.39 is 17.5 Å². The van der Waals surface area contributed by atoms with Crippen LogP contribution in [-0.2, 0) is 6.54 Å². The second-order valence-corrected chi connectivity index (χ2v) is 5.83. The van der Waals surface area contributed by atoms with Crippen LogP contribution >= 0.6 is 22.9 Å². The number of carbonyl (C=O) groups is 1. The number of anilines is 1. The summed E-state index contributed by atoms with van der Waals surface area (Å²) in [5.74, 6) is -2.01. The molecule has 1 aromatic carbocycles. The summed E-state index contributed by atoms with van der Waals surface area (Å²) in [5, 5.41) is 11.5. The SMILES string of the molecule is N#Cc1ccc(NCc2cnc(Cl)s2)c(C(=O)C(F)(F)F)c1. The lowest BCUT2D eigenvalue weighted by Crippen LogP contribution is -2.24. The summed E-state index contributed by atoms with van der Waals surface area (Å²) < 4.78 is 38.2. The maximum atomic E-state index is 12.6. The molecule has 0 amide bonds. The first-order valence-corrected chi connectivity index (χ1v) is 7.00. The first kappa shape index (κ1) is 16.3. The fraction of sp³-hybridized carbons (Fsp3) is 0.154. The van der Waals surface area contributed by atoms with Gasteiger partial charge in [-0.1, -0.05) is 11.6 Å². The topological polar surface area (TPSA) is 65.8 Å². The van der Waals surface area contributed by atoms with Gasteiger partial charge in [0.15, 0.2) is 4.47 Å². The zero-order chi connectivity index (χ0) is 16.3. The van der Waals surface area contributed by atoms with Gasteiger partial charge >= 0.3 is 6.18 Å². The molecule has 0 unspecified atom stereocenters. The summed E-state index contributed by atoms with van der Waals surface area (Å²) in [6.45, 7) is 0.161. The minimum Gasteiger partial charge on any atom is -0.379 e. The molecule has 0 fully saturated rings. The van der Waals surface area contributed by atoms with Crippen LogP contribution in [0, 0.1) is 11.3 Å². The van der Waals surface area contributed by atoms with Crippen LogP contribution < -0.4 is 5.32 Å². The molecule has 1 aromatic heterocycles. The van der Waals surface area contributed by atoms with E-state index in [2.05, 4.69) is 10.3 Å². The molecule has 22 heavy (non-hydrogen) atoms. The predicted octanol–water partition coefficient (Wildman–Crippen LogP) is 4.03. The van der Waals surface area contributed by atoms with Crippen molar-refractivity contribution in [2.45, 2.75) is 12.7 Å². The summed E-state index contributed by atoms with van der Waals surface area (Å²) >= 11 is 6.83. The van der Waals surface area contributed by atoms with Gasteiger partial charge in [0, 0.05) is 16.8 Å². The lowest BCUT2D eigenvalue weighted by molar-refractivity contribution is -0.0884. The van der Waals surface area contributed by atoms with E-state index in [0.29, 0.717) is 9.34 Å². The van der Waals surface area contributed by atoms with Crippen molar-refractivity contribution in [1.29, 1.82) is 5.26 Å². The minimum absolute atomic E-state index is 0.00847. The molecule has 114 valence electrons. The van der Waals surface area contributed by atoms with Crippen LogP contribution in [0.1, 0.15) is 20.8 Å². The Hall–Kier alpha value is -2.11. The van der Waals surface area contributed by atoms with E-state index in [0.717, 1.165) is 6.07 Å². The number of benzene rings is 1. The van der Waals surface area contributed by atoms with Gasteiger partial charge in [-0.25, -0.2) is 4.98 Å². The molecule has 1 heterocycles. The first-order valence-electron chi connectivity index (χ1n) is 5.81. The molecule has 0 aliphatic heterocycles. The third-order valence-corrected chi connectivity index (χ3v) is 3.74. The molecule has 0 atom stereocenters. The molecule has 1 N–H and O–H groups in total. The largest absolute Gasteiger partial charge is 0.454 e. The smallest absolute Gasteiger partial charge is 0.379 e. The van der Waals surface area contributed by atoms with Crippen LogP contribution in [-0.4, -0.2) is 16.9 Å². The number of ketones is 1. The zero-order valence-electron chi connectivity index (χ0n) is 10.7. The standard InChI is InChI=1S/C13H7ClF3N3OS/c14-12-20-6-8(22-12)5-19-10-2-1-7(4-18)3-9(10)11(21)13(15,16)17/h1-3,6,19H,5H2. The fourth-order valence-electron chi connectivity index (χ4n) is 1.66. The van der Waals surface area contributed by atoms with Gasteiger partial charge in [-0.3, -0.25) is 4.79 Å². The predicted molar refractivity (Wildman–Crippen MR) is 76.0 cm³/mol. The number of nitrogens with zero attached hydrogens (tertiary/aromatic N) is 2. The van der Waals surface area contributed by atoms with Gasteiger partial charge in [-0.15, -0.1) is 11.3 Å². The Bertz CT molecular complexity index is 752. The monoisotopic (exact) mass is 345 g/mol. The number of alkyl halides is 3. The van der Waals surface area contributed by atoms with E-state index in [4.69, 9.17) is 16.9 Å². The number of hydrogen-bond acceptors (Lipinski definition) is 5. The molecule has 0 aliphatic rings. The molecule has 0 spiro atoms. The normalized spacial score (nSPS) is 11.0. The third kappa shape index (κ3) is 3.75. The Morgan fingerprint density at radius 3 is 2.73 bits per heavy atom. The average molecular weight is 346 g/mol. The molecule has 4 nitrogen and oxygen atoms in total. The summed E-state index contributed by atoms with van der Waals surface area (Å²) in [5.41, 5.74) is -0.632. The maximum absolute atomic E-state index is 12.6. The van der Waals surface area contributed by atoms with E-state index in [9.17, 15) is 18.0 Å². The first-order chi connectivity index (χ1) is 10.3. The van der Waals surface area contributed by atoms with Crippen molar-refractivity contribution in [2.75, 3.05) is 5.32 Å². The number of rotatable bonds is 4. The number of carbonyl (C=O) groups excluding carboxylic acids is 1. The lowest BCUT2D eigenvalue weighted by atomic mass is 10.0.